The molecule has 0 unspecified atom stereocenters. The summed E-state index contributed by atoms with van der Waals surface area (Å²) in [5.74, 6) is 0.123. The molecule has 1 N–H and O–H groups in total. The van der Waals surface area contributed by atoms with Crippen LogP contribution < -0.4 is 5.32 Å². The highest BCUT2D eigenvalue weighted by Gasteiger charge is 2.23. The van der Waals surface area contributed by atoms with E-state index in [9.17, 15) is 4.79 Å². The van der Waals surface area contributed by atoms with Crippen LogP contribution in [0.3, 0.4) is 0 Å². The summed E-state index contributed by atoms with van der Waals surface area (Å²) in [6.07, 6.45) is 0.448. The van der Waals surface area contributed by atoms with E-state index in [1.807, 2.05) is 16.5 Å². The van der Waals surface area contributed by atoms with Crippen LogP contribution >= 0.6 is 0 Å². The van der Waals surface area contributed by atoms with Crippen molar-refractivity contribution in [2.45, 2.75) is 46.3 Å². The van der Waals surface area contributed by atoms with Crippen molar-refractivity contribution in [1.82, 2.24) is 20.0 Å². The molecule has 0 aliphatic carbocycles. The van der Waals surface area contributed by atoms with Crippen LogP contribution in [0.4, 0.5) is 0 Å². The molecule has 136 valence electrons. The van der Waals surface area contributed by atoms with E-state index in [2.05, 4.69) is 24.3 Å². The maximum absolute atomic E-state index is 12.8. The highest BCUT2D eigenvalue weighted by atomic mass is 16.5. The summed E-state index contributed by atoms with van der Waals surface area (Å²) in [6.45, 7) is 10.8. The van der Waals surface area contributed by atoms with Gasteiger partial charge in [-0.2, -0.15) is 5.10 Å². The third-order valence-electron chi connectivity index (χ3n) is 4.52. The van der Waals surface area contributed by atoms with E-state index in [0.717, 1.165) is 30.0 Å². The van der Waals surface area contributed by atoms with Crippen LogP contribution in [0.2, 0.25) is 0 Å². The minimum absolute atomic E-state index is 0.0943. The number of methoxy groups -OCH3 is 1. The Bertz CT molecular complexity index is 538. The van der Waals surface area contributed by atoms with Gasteiger partial charge in [0.1, 0.15) is 0 Å². The first kappa shape index (κ1) is 18.9. The third kappa shape index (κ3) is 4.78. The molecule has 24 heavy (non-hydrogen) atoms. The zero-order chi connectivity index (χ0) is 17.5. The summed E-state index contributed by atoms with van der Waals surface area (Å²) in [6, 6.07) is 0.0943. The van der Waals surface area contributed by atoms with E-state index in [-0.39, 0.29) is 11.9 Å². The van der Waals surface area contributed by atoms with Gasteiger partial charge in [-0.15, -0.1) is 0 Å². The molecule has 1 atom stereocenters. The molecule has 1 amide bonds. The minimum atomic E-state index is 0.0943. The van der Waals surface area contributed by atoms with Crippen LogP contribution in [0, 0.1) is 13.8 Å². The van der Waals surface area contributed by atoms with Crippen molar-refractivity contribution in [2.24, 2.45) is 0 Å². The number of hydrogen-bond donors (Lipinski definition) is 1. The van der Waals surface area contributed by atoms with Crippen LogP contribution in [0.25, 0.3) is 0 Å². The second-order valence-electron chi connectivity index (χ2n) is 6.20. The molecule has 2 rings (SSSR count). The number of hydrogen-bond acceptors (Lipinski definition) is 5. The van der Waals surface area contributed by atoms with Gasteiger partial charge in [0.2, 0.25) is 5.91 Å². The second-order valence-corrected chi connectivity index (χ2v) is 6.20. The molecule has 1 aliphatic heterocycles. The first-order valence-corrected chi connectivity index (χ1v) is 8.67. The summed E-state index contributed by atoms with van der Waals surface area (Å²) >= 11 is 0. The van der Waals surface area contributed by atoms with Gasteiger partial charge >= 0.3 is 0 Å². The normalized spacial score (nSPS) is 17.9. The lowest BCUT2D eigenvalue weighted by atomic mass is 10.1. The van der Waals surface area contributed by atoms with Crippen molar-refractivity contribution in [2.75, 3.05) is 40.0 Å². The van der Waals surface area contributed by atoms with Gasteiger partial charge in [-0.3, -0.25) is 9.48 Å². The average molecular weight is 338 g/mol. The van der Waals surface area contributed by atoms with Gasteiger partial charge in [0, 0.05) is 57.0 Å². The van der Waals surface area contributed by atoms with E-state index in [4.69, 9.17) is 9.47 Å². The molecule has 0 saturated carbocycles. The van der Waals surface area contributed by atoms with Crippen LogP contribution in [-0.2, 0) is 27.4 Å². The Balaban J connectivity index is 2.06. The molecule has 0 bridgehead atoms. The van der Waals surface area contributed by atoms with E-state index >= 15 is 0 Å². The van der Waals surface area contributed by atoms with E-state index in [1.165, 1.54) is 0 Å². The van der Waals surface area contributed by atoms with Crippen LogP contribution in [0.15, 0.2) is 0 Å². The number of rotatable bonds is 8. The fourth-order valence-corrected chi connectivity index (χ4v) is 3.05. The van der Waals surface area contributed by atoms with Gasteiger partial charge in [0.15, 0.2) is 0 Å². The van der Waals surface area contributed by atoms with Gasteiger partial charge in [-0.25, -0.2) is 0 Å². The minimum Gasteiger partial charge on any atom is -0.383 e. The van der Waals surface area contributed by atoms with Crippen molar-refractivity contribution < 1.29 is 14.3 Å². The van der Waals surface area contributed by atoms with E-state index < -0.39 is 0 Å². The van der Waals surface area contributed by atoms with Gasteiger partial charge in [-0.1, -0.05) is 0 Å². The molecule has 2 heterocycles. The quantitative estimate of drug-likeness (QED) is 0.762. The van der Waals surface area contributed by atoms with Crippen molar-refractivity contribution in [1.29, 1.82) is 0 Å². The lowest BCUT2D eigenvalue weighted by Crippen LogP contribution is -2.45. The van der Waals surface area contributed by atoms with Crippen LogP contribution in [-0.4, -0.2) is 66.6 Å². The molecule has 1 aromatic heterocycles. The zero-order valence-electron chi connectivity index (χ0n) is 15.3. The number of morpholine rings is 1. The van der Waals surface area contributed by atoms with Gasteiger partial charge in [0.05, 0.1) is 25.5 Å². The Morgan fingerprint density at radius 3 is 2.88 bits per heavy atom. The maximum Gasteiger partial charge on any atom is 0.224 e. The van der Waals surface area contributed by atoms with Crippen molar-refractivity contribution >= 4 is 5.91 Å². The summed E-state index contributed by atoms with van der Waals surface area (Å²) in [4.78, 5) is 14.6. The van der Waals surface area contributed by atoms with Gasteiger partial charge < -0.3 is 19.7 Å². The Labute approximate surface area is 144 Å². The number of carbonyl (C=O) groups excluding carboxylic acids is 1. The smallest absolute Gasteiger partial charge is 0.224 e. The molecule has 0 radical (unpaired) electrons. The van der Waals surface area contributed by atoms with Crippen molar-refractivity contribution in [3.8, 4) is 0 Å². The molecule has 1 fully saturated rings. The molecular formula is C17H30N4O3. The number of carbonyl (C=O) groups is 1. The zero-order valence-corrected chi connectivity index (χ0v) is 15.3. The molecule has 7 nitrogen and oxygen atoms in total. The summed E-state index contributed by atoms with van der Waals surface area (Å²) < 4.78 is 12.6. The highest BCUT2D eigenvalue weighted by Crippen LogP contribution is 2.17. The lowest BCUT2D eigenvalue weighted by molar-refractivity contribution is -0.133. The fraction of sp³-hybridized carbons (Fsp3) is 0.765. The largest absolute Gasteiger partial charge is 0.383 e. The van der Waals surface area contributed by atoms with Gasteiger partial charge in [0.25, 0.3) is 0 Å². The standard InChI is InChI=1S/C17H30N4O3/c1-5-21-14(3)16(13(2)19-21)11-20(7-9-23-4)17(22)10-15-12-24-8-6-18-15/h15,18H,5-12H2,1-4H3/t15-/m0/s1. The summed E-state index contributed by atoms with van der Waals surface area (Å²) in [5.41, 5.74) is 3.25. The number of aryl methyl sites for hydroxylation is 2. The predicted octanol–water partition coefficient (Wildman–Crippen LogP) is 0.873. The lowest BCUT2D eigenvalue weighted by Gasteiger charge is -2.28. The van der Waals surface area contributed by atoms with E-state index in [1.54, 1.807) is 7.11 Å². The number of nitrogens with one attached hydrogen (secondary N) is 1. The molecule has 1 aromatic rings. The number of amides is 1. The summed E-state index contributed by atoms with van der Waals surface area (Å²) in [5, 5.41) is 7.89. The van der Waals surface area contributed by atoms with Crippen molar-refractivity contribution in [3.63, 3.8) is 0 Å². The summed E-state index contributed by atoms with van der Waals surface area (Å²) in [7, 11) is 1.66. The molecule has 0 aromatic carbocycles. The fourth-order valence-electron chi connectivity index (χ4n) is 3.05. The topological polar surface area (TPSA) is 68.6 Å². The Morgan fingerprint density at radius 2 is 2.29 bits per heavy atom. The van der Waals surface area contributed by atoms with Crippen molar-refractivity contribution in [3.05, 3.63) is 17.0 Å². The van der Waals surface area contributed by atoms with Crippen LogP contribution in [0.1, 0.15) is 30.3 Å². The SMILES string of the molecule is CCn1nc(C)c(CN(CCOC)C(=O)C[C@H]2COCCN2)c1C. The second kappa shape index (κ2) is 9.15. The first-order chi connectivity index (χ1) is 11.6. The Hall–Kier alpha value is -1.44. The monoisotopic (exact) mass is 338 g/mol. The molecule has 1 saturated heterocycles. The maximum atomic E-state index is 12.8. The Kier molecular flexibility index (Phi) is 7.20. The molecular weight excluding hydrogens is 308 g/mol. The predicted molar refractivity (Wildman–Crippen MR) is 91.9 cm³/mol. The van der Waals surface area contributed by atoms with E-state index in [0.29, 0.717) is 39.3 Å². The molecule has 0 spiro atoms. The molecule has 7 heteroatoms. The third-order valence-corrected chi connectivity index (χ3v) is 4.52. The van der Waals surface area contributed by atoms with Crippen LogP contribution in [0.5, 0.6) is 0 Å². The van der Waals surface area contributed by atoms with Gasteiger partial charge in [-0.05, 0) is 20.8 Å². The average Bonchev–Trinajstić information content (AvgIpc) is 2.86. The first-order valence-electron chi connectivity index (χ1n) is 8.67. The number of nitrogens with zero attached hydrogens (tertiary/aromatic N) is 3. The molecule has 1 aliphatic rings. The number of aromatic nitrogens is 2. The highest BCUT2D eigenvalue weighted by molar-refractivity contribution is 5.77. The number of ether oxygens (including phenoxy) is 2. The Morgan fingerprint density at radius 1 is 1.50 bits per heavy atom.